The van der Waals surface area contributed by atoms with Crippen molar-refractivity contribution in [1.82, 2.24) is 20.1 Å². The Kier molecular flexibility index (Phi) is 16.0. The fourth-order valence-corrected chi connectivity index (χ4v) is 6.91. The summed E-state index contributed by atoms with van der Waals surface area (Å²) >= 11 is 0. The number of fused-ring (bicyclic) bond motifs is 1. The van der Waals surface area contributed by atoms with Crippen LogP contribution in [-0.4, -0.2) is 83.4 Å². The summed E-state index contributed by atoms with van der Waals surface area (Å²) in [6.07, 6.45) is 1.43. The summed E-state index contributed by atoms with van der Waals surface area (Å²) in [5.41, 5.74) is 6.35. The van der Waals surface area contributed by atoms with Crippen LogP contribution in [0.25, 0.3) is 10.9 Å². The Labute approximate surface area is 356 Å². The number of pyridine rings is 1. The number of carbonyl (C=O) groups is 5. The number of nitrogens with one attached hydrogen (secondary N) is 3. The maximum Gasteiger partial charge on any atom is 0.410 e. The molecule has 0 saturated carbocycles. The minimum absolute atomic E-state index is 0.00964. The summed E-state index contributed by atoms with van der Waals surface area (Å²) in [4.78, 5) is 77.9. The fourth-order valence-electron chi connectivity index (χ4n) is 6.91. The number of halogens is 2. The number of benzene rings is 3. The van der Waals surface area contributed by atoms with E-state index in [9.17, 15) is 33.9 Å². The van der Waals surface area contributed by atoms with Crippen LogP contribution in [0.2, 0.25) is 0 Å². The lowest BCUT2D eigenvalue weighted by atomic mass is 9.96. The summed E-state index contributed by atoms with van der Waals surface area (Å²) in [6, 6.07) is 16.3. The van der Waals surface area contributed by atoms with Gasteiger partial charge in [0.15, 0.2) is 0 Å². The lowest BCUT2D eigenvalue weighted by molar-refractivity contribution is -0.118. The molecule has 16 nitrogen and oxygen atoms in total. The highest BCUT2D eigenvalue weighted by Crippen LogP contribution is 2.27. The first-order valence-corrected chi connectivity index (χ1v) is 20.2. The van der Waals surface area contributed by atoms with Gasteiger partial charge in [-0.15, -0.1) is 0 Å². The Morgan fingerprint density at radius 3 is 2.23 bits per heavy atom. The number of urea groups is 1. The molecule has 2 heterocycles. The Hall–Kier alpha value is -6.98. The minimum Gasteiger partial charge on any atom is -0.477 e. The molecule has 0 bridgehead atoms. The summed E-state index contributed by atoms with van der Waals surface area (Å²) in [5.74, 6) is -4.75. The predicted molar refractivity (Wildman–Crippen MR) is 228 cm³/mol. The second kappa shape index (κ2) is 21.5. The molecule has 4 aromatic rings. The molecule has 1 aliphatic heterocycles. The number of carboxylic acids is 1. The standard InChI is InChI=1S/C44H51F2N7O9/c1-4-51-24-33(41(56)57)39(54)32-22-34(45)37(23-36(32)51)52-17-19-53(20-18-52)44(60)62-26-29-12-14-31(15-13-29)49-40(55)30(11-8-16-48-42(47)58)21-35(46)38(27(2)3)50-43(59)61-25-28-9-6-5-7-10-28/h5-7,9-10,12-15,21-24,27,30,38H,4,8,11,16-20,25-26H2,1-3H3,(H,49,55)(H,50,59)(H,56,57)(H3,47,48,58)/b35-21-/t30-,38+/m1/s1. The van der Waals surface area contributed by atoms with Gasteiger partial charge in [0, 0.05) is 56.5 Å². The molecule has 0 unspecified atom stereocenters. The van der Waals surface area contributed by atoms with E-state index in [-0.39, 0.29) is 63.4 Å². The van der Waals surface area contributed by atoms with E-state index < -0.39 is 70.6 Å². The molecule has 1 aliphatic rings. The summed E-state index contributed by atoms with van der Waals surface area (Å²) in [5, 5.41) is 17.2. The maximum absolute atomic E-state index is 15.8. The van der Waals surface area contributed by atoms with Gasteiger partial charge < -0.3 is 50.6 Å². The largest absolute Gasteiger partial charge is 0.477 e. The molecule has 5 rings (SSSR count). The molecule has 0 spiro atoms. The first-order valence-electron chi connectivity index (χ1n) is 20.2. The molecule has 0 radical (unpaired) electrons. The first-order chi connectivity index (χ1) is 29.6. The molecule has 6 N–H and O–H groups in total. The number of hydrogen-bond acceptors (Lipinski definition) is 9. The number of aryl methyl sites for hydroxylation is 1. The van der Waals surface area contributed by atoms with Gasteiger partial charge in [0.25, 0.3) is 0 Å². The first kappa shape index (κ1) is 46.1. The molecule has 62 heavy (non-hydrogen) atoms. The summed E-state index contributed by atoms with van der Waals surface area (Å²) < 4.78 is 43.6. The number of aromatic nitrogens is 1. The second-order valence-electron chi connectivity index (χ2n) is 15.0. The van der Waals surface area contributed by atoms with E-state index in [0.717, 1.165) is 17.7 Å². The molecule has 1 saturated heterocycles. The number of hydrogen-bond donors (Lipinski definition) is 5. The van der Waals surface area contributed by atoms with Gasteiger partial charge >= 0.3 is 24.2 Å². The van der Waals surface area contributed by atoms with Crippen LogP contribution in [0.5, 0.6) is 0 Å². The number of carboxylic acid groups (broad SMARTS) is 1. The number of primary amides is 1. The highest BCUT2D eigenvalue weighted by Gasteiger charge is 2.27. The molecule has 5 amide bonds. The van der Waals surface area contributed by atoms with Gasteiger partial charge in [0.05, 0.1) is 23.2 Å². The third kappa shape index (κ3) is 12.3. The van der Waals surface area contributed by atoms with Crippen LogP contribution in [-0.2, 0) is 34.0 Å². The third-order valence-corrected chi connectivity index (χ3v) is 10.3. The summed E-state index contributed by atoms with van der Waals surface area (Å²) in [6.45, 7) is 6.61. The van der Waals surface area contributed by atoms with Crippen molar-refractivity contribution < 1.29 is 47.3 Å². The van der Waals surface area contributed by atoms with Crippen LogP contribution >= 0.6 is 0 Å². The predicted octanol–water partition coefficient (Wildman–Crippen LogP) is 6.13. The van der Waals surface area contributed by atoms with Crippen LogP contribution in [0.15, 0.2) is 89.6 Å². The number of amides is 5. The van der Waals surface area contributed by atoms with Gasteiger partial charge in [-0.05, 0) is 67.2 Å². The zero-order valence-electron chi connectivity index (χ0n) is 34.7. The number of ether oxygens (including phenoxy) is 2. The molecular weight excluding hydrogens is 809 g/mol. The van der Waals surface area contributed by atoms with Gasteiger partial charge in [0.1, 0.15) is 30.4 Å². The number of anilines is 2. The normalized spacial score (nSPS) is 13.9. The van der Waals surface area contributed by atoms with Crippen molar-refractivity contribution in [3.05, 3.63) is 118 Å². The Morgan fingerprint density at radius 1 is 0.935 bits per heavy atom. The zero-order chi connectivity index (χ0) is 44.9. The van der Waals surface area contributed by atoms with Crippen LogP contribution in [0, 0.1) is 17.7 Å². The highest BCUT2D eigenvalue weighted by molar-refractivity contribution is 5.94. The van der Waals surface area contributed by atoms with E-state index >= 15 is 8.78 Å². The van der Waals surface area contributed by atoms with Gasteiger partial charge in [-0.2, -0.15) is 0 Å². The SMILES string of the molecule is CCn1cc(C(=O)O)c(=O)c2cc(F)c(N3CCN(C(=O)OCc4ccc(NC(=O)[C@@H](/C=C(\F)[C@@H](NC(=O)OCc5ccccc5)C(C)C)CCCNC(N)=O)cc4)CC3)cc21. The van der Waals surface area contributed by atoms with Crippen LogP contribution in [0.3, 0.4) is 0 Å². The second-order valence-corrected chi connectivity index (χ2v) is 15.0. The van der Waals surface area contributed by atoms with E-state index in [0.29, 0.717) is 29.7 Å². The van der Waals surface area contributed by atoms with Crippen LogP contribution < -0.4 is 32.0 Å². The van der Waals surface area contributed by atoms with Crippen molar-refractivity contribution in [2.45, 2.75) is 59.4 Å². The lowest BCUT2D eigenvalue weighted by Crippen LogP contribution is -2.49. The molecular formula is C44H51F2N7O9. The number of carbonyl (C=O) groups excluding carboxylic acids is 4. The van der Waals surface area contributed by atoms with E-state index in [1.54, 1.807) is 78.8 Å². The number of nitrogens with two attached hydrogens (primary N) is 1. The zero-order valence-corrected chi connectivity index (χ0v) is 34.7. The van der Waals surface area contributed by atoms with Crippen molar-refractivity contribution in [3.63, 3.8) is 0 Å². The Morgan fingerprint density at radius 2 is 1.60 bits per heavy atom. The average molecular weight is 860 g/mol. The molecule has 18 heteroatoms. The van der Waals surface area contributed by atoms with Gasteiger partial charge in [0.2, 0.25) is 11.3 Å². The number of aromatic carboxylic acids is 1. The average Bonchev–Trinajstić information content (AvgIpc) is 3.25. The summed E-state index contributed by atoms with van der Waals surface area (Å²) in [7, 11) is 0. The van der Waals surface area contributed by atoms with Crippen LogP contribution in [0.4, 0.5) is 34.5 Å². The van der Waals surface area contributed by atoms with E-state index in [2.05, 4.69) is 16.0 Å². The number of nitrogens with zero attached hydrogens (tertiary/aromatic N) is 3. The van der Waals surface area contributed by atoms with Crippen LogP contribution in [0.1, 0.15) is 55.1 Å². The third-order valence-electron chi connectivity index (χ3n) is 10.3. The van der Waals surface area contributed by atoms with Gasteiger partial charge in [-0.25, -0.2) is 28.0 Å². The van der Waals surface area contributed by atoms with Gasteiger partial charge in [-0.1, -0.05) is 56.3 Å². The molecule has 330 valence electrons. The Bertz CT molecular complexity index is 2330. The number of piperazine rings is 1. The van der Waals surface area contributed by atoms with Crippen molar-refractivity contribution in [2.24, 2.45) is 17.6 Å². The van der Waals surface area contributed by atoms with E-state index in [4.69, 9.17) is 15.2 Å². The molecule has 2 atom stereocenters. The Balaban J connectivity index is 1.16. The number of rotatable bonds is 17. The van der Waals surface area contributed by atoms with E-state index in [1.165, 1.54) is 17.2 Å². The molecule has 3 aromatic carbocycles. The smallest absolute Gasteiger partial charge is 0.410 e. The number of alkyl carbamates (subject to hydrolysis) is 1. The highest BCUT2D eigenvalue weighted by atomic mass is 19.1. The van der Waals surface area contributed by atoms with Crippen molar-refractivity contribution >= 4 is 52.4 Å². The molecule has 1 fully saturated rings. The lowest BCUT2D eigenvalue weighted by Gasteiger charge is -2.35. The fraction of sp³-hybridized carbons (Fsp3) is 0.364. The minimum atomic E-state index is -1.39. The van der Waals surface area contributed by atoms with Gasteiger partial charge in [-0.3, -0.25) is 9.59 Å². The monoisotopic (exact) mass is 859 g/mol. The molecule has 1 aromatic heterocycles. The van der Waals surface area contributed by atoms with Crippen molar-refractivity contribution in [1.29, 1.82) is 0 Å². The van der Waals surface area contributed by atoms with E-state index in [1.807, 2.05) is 6.07 Å². The quantitative estimate of drug-likeness (QED) is 0.0767. The van der Waals surface area contributed by atoms with Crippen molar-refractivity contribution in [3.8, 4) is 0 Å². The maximum atomic E-state index is 15.8. The van der Waals surface area contributed by atoms with Crippen molar-refractivity contribution in [2.75, 3.05) is 42.9 Å². The molecule has 0 aliphatic carbocycles. The topological polar surface area (TPSA) is 215 Å².